The third kappa shape index (κ3) is 6.45. The summed E-state index contributed by atoms with van der Waals surface area (Å²) in [5, 5.41) is 11.8. The highest BCUT2D eigenvalue weighted by Crippen LogP contribution is 2.16. The van der Waals surface area contributed by atoms with Gasteiger partial charge in [-0.3, -0.25) is 0 Å². The average Bonchev–Trinajstić information content (AvgIpc) is 3.72. The van der Waals surface area contributed by atoms with E-state index >= 15 is 0 Å². The van der Waals surface area contributed by atoms with E-state index in [0.29, 0.717) is 23.5 Å². The van der Waals surface area contributed by atoms with Gasteiger partial charge in [0, 0.05) is 38.9 Å². The summed E-state index contributed by atoms with van der Waals surface area (Å²) in [4.78, 5) is 29.3. The molecule has 0 unspecified atom stereocenters. The summed E-state index contributed by atoms with van der Waals surface area (Å²) < 4.78 is 0. The number of rotatable bonds is 6. The number of anilines is 2. The molecule has 0 saturated carbocycles. The third-order valence-electron chi connectivity index (χ3n) is 5.11. The molecule has 4 heterocycles. The molecule has 0 bridgehead atoms. The number of benzene rings is 2. The molecule has 0 fully saturated rings. The maximum Gasteiger partial charge on any atom is 0.224 e. The Kier molecular flexibility index (Phi) is 9.01. The average molecular weight is 517 g/mol. The third-order valence-corrected chi connectivity index (χ3v) is 5.11. The molecule has 0 spiro atoms. The molecule has 0 saturated heterocycles. The van der Waals surface area contributed by atoms with E-state index in [9.17, 15) is 0 Å². The van der Waals surface area contributed by atoms with Crippen LogP contribution in [-0.4, -0.2) is 77.3 Å². The molecule has 0 aliphatic carbocycles. The Hall–Kier alpha value is -5.34. The molecule has 0 amide bonds. The van der Waals surface area contributed by atoms with Crippen LogP contribution in [0.15, 0.2) is 83.5 Å². The van der Waals surface area contributed by atoms with E-state index in [1.807, 2.05) is 62.6 Å². The van der Waals surface area contributed by atoms with Crippen molar-refractivity contribution < 1.29 is 11.0 Å². The van der Waals surface area contributed by atoms with E-state index in [-0.39, 0.29) is 11.0 Å². The highest BCUT2D eigenvalue weighted by molar-refractivity contribution is 5.79. The van der Waals surface area contributed by atoms with Crippen molar-refractivity contribution in [3.05, 3.63) is 85.0 Å². The molecule has 6 aromatic rings. The van der Waals surface area contributed by atoms with Crippen LogP contribution >= 0.6 is 0 Å². The fourth-order valence-corrected chi connectivity index (χ4v) is 3.27. The molecular weight excluding hydrogens is 488 g/mol. The van der Waals surface area contributed by atoms with E-state index in [1.54, 1.807) is 47.2 Å². The van der Waals surface area contributed by atoms with Gasteiger partial charge in [0.2, 0.25) is 11.9 Å². The van der Waals surface area contributed by atoms with Gasteiger partial charge in [-0.1, -0.05) is 24.3 Å². The summed E-state index contributed by atoms with van der Waals surface area (Å²) in [6.45, 7) is 0. The van der Waals surface area contributed by atoms with Gasteiger partial charge >= 0.3 is 0 Å². The van der Waals surface area contributed by atoms with Gasteiger partial charge < -0.3 is 30.9 Å². The predicted octanol–water partition coefficient (Wildman–Crippen LogP) is 1.86. The normalized spacial score (nSPS) is 10.8. The summed E-state index contributed by atoms with van der Waals surface area (Å²) in [6, 6.07) is 15.7. The van der Waals surface area contributed by atoms with Crippen molar-refractivity contribution in [3.8, 4) is 0 Å². The first-order valence-corrected chi connectivity index (χ1v) is 11.1. The van der Waals surface area contributed by atoms with Crippen molar-refractivity contribution in [3.63, 3.8) is 0 Å². The smallest absolute Gasteiger partial charge is 0.224 e. The van der Waals surface area contributed by atoms with Crippen LogP contribution in [-0.2, 0) is 0 Å². The number of aromatic amines is 4. The SMILES string of the molecule is CN(/N=C/c1ncc[nH]1)c1nc2ccccc2[nH]1.CN(/N=C/c1ncc[nH]1)c1nc2ccccc2[nH]1.O.O. The lowest BCUT2D eigenvalue weighted by molar-refractivity contribution is 0.823. The number of nitrogens with one attached hydrogen (secondary N) is 4. The van der Waals surface area contributed by atoms with Crippen LogP contribution in [0.1, 0.15) is 11.6 Å². The van der Waals surface area contributed by atoms with Gasteiger partial charge in [-0.15, -0.1) is 0 Å². The number of imidazole rings is 4. The lowest BCUT2D eigenvalue weighted by Crippen LogP contribution is -2.10. The summed E-state index contributed by atoms with van der Waals surface area (Å²) in [6.07, 6.45) is 10.2. The topological polar surface area (TPSA) is 209 Å². The Labute approximate surface area is 216 Å². The van der Waals surface area contributed by atoms with Gasteiger partial charge in [0.15, 0.2) is 0 Å². The largest absolute Gasteiger partial charge is 0.412 e. The minimum absolute atomic E-state index is 0. The van der Waals surface area contributed by atoms with Crippen LogP contribution in [0.4, 0.5) is 11.9 Å². The van der Waals surface area contributed by atoms with Gasteiger partial charge in [0.1, 0.15) is 11.6 Å². The molecule has 2 aromatic carbocycles. The number of hydrogen-bond donors (Lipinski definition) is 4. The first kappa shape index (κ1) is 27.3. The lowest BCUT2D eigenvalue weighted by atomic mass is 10.3. The first-order chi connectivity index (χ1) is 17.7. The molecule has 8 N–H and O–H groups in total. The Morgan fingerprint density at radius 3 is 1.45 bits per heavy atom. The standard InChI is InChI=1S/2C12H12N6.2H2O/c2*1-18(15-8-11-13-6-7-14-11)12-16-9-4-2-3-5-10(9)17-12;;/h2*2-8H,1H3,(H,13,14)(H,16,17);2*1H2/b2*15-8+;;. The zero-order valence-electron chi connectivity index (χ0n) is 20.7. The second kappa shape index (κ2) is 12.6. The van der Waals surface area contributed by atoms with Crippen LogP contribution in [0.25, 0.3) is 22.1 Å². The minimum atomic E-state index is 0. The molecule has 6 rings (SSSR count). The van der Waals surface area contributed by atoms with Crippen LogP contribution in [0.3, 0.4) is 0 Å². The number of hydrogen-bond acceptors (Lipinski definition) is 8. The van der Waals surface area contributed by atoms with E-state index < -0.39 is 0 Å². The van der Waals surface area contributed by atoms with Crippen LogP contribution < -0.4 is 10.0 Å². The molecule has 4 aromatic heterocycles. The molecular formula is C24H28N12O2. The number of H-pyrrole nitrogens is 4. The molecule has 0 atom stereocenters. The van der Waals surface area contributed by atoms with Crippen molar-refractivity contribution in [2.24, 2.45) is 10.2 Å². The van der Waals surface area contributed by atoms with Crippen molar-refractivity contribution in [1.29, 1.82) is 0 Å². The molecule has 38 heavy (non-hydrogen) atoms. The molecule has 196 valence electrons. The van der Waals surface area contributed by atoms with Gasteiger partial charge in [-0.05, 0) is 24.3 Å². The Balaban J connectivity index is 0.000000200. The van der Waals surface area contributed by atoms with E-state index in [2.05, 4.69) is 50.1 Å². The molecule has 0 aliphatic rings. The number of nitrogens with zero attached hydrogens (tertiary/aromatic N) is 8. The number of hydrazone groups is 2. The van der Waals surface area contributed by atoms with Gasteiger partial charge in [0.25, 0.3) is 0 Å². The molecule has 0 aliphatic heterocycles. The molecule has 14 heteroatoms. The van der Waals surface area contributed by atoms with Crippen molar-refractivity contribution in [1.82, 2.24) is 39.9 Å². The lowest BCUT2D eigenvalue weighted by Gasteiger charge is -2.06. The van der Waals surface area contributed by atoms with E-state index in [4.69, 9.17) is 0 Å². The number of aromatic nitrogens is 8. The van der Waals surface area contributed by atoms with E-state index in [1.165, 1.54) is 0 Å². The maximum atomic E-state index is 4.44. The summed E-state index contributed by atoms with van der Waals surface area (Å²) in [5.74, 6) is 2.80. The van der Waals surface area contributed by atoms with Crippen LogP contribution in [0, 0.1) is 0 Å². The zero-order chi connectivity index (χ0) is 24.7. The van der Waals surface area contributed by atoms with Crippen LogP contribution in [0.5, 0.6) is 0 Å². The zero-order valence-corrected chi connectivity index (χ0v) is 20.7. The van der Waals surface area contributed by atoms with Gasteiger partial charge in [-0.2, -0.15) is 10.2 Å². The van der Waals surface area contributed by atoms with Crippen molar-refractivity contribution in [2.45, 2.75) is 0 Å². The van der Waals surface area contributed by atoms with Crippen molar-refractivity contribution >= 4 is 46.4 Å². The first-order valence-electron chi connectivity index (χ1n) is 11.1. The second-order valence-electron chi connectivity index (χ2n) is 7.64. The number of fused-ring (bicyclic) bond motifs is 2. The van der Waals surface area contributed by atoms with Crippen LogP contribution in [0.2, 0.25) is 0 Å². The monoisotopic (exact) mass is 516 g/mol. The fourth-order valence-electron chi connectivity index (χ4n) is 3.27. The summed E-state index contributed by atoms with van der Waals surface area (Å²) in [5.41, 5.74) is 3.83. The summed E-state index contributed by atoms with van der Waals surface area (Å²) >= 11 is 0. The predicted molar refractivity (Wildman–Crippen MR) is 149 cm³/mol. The number of para-hydroxylation sites is 4. The van der Waals surface area contributed by atoms with Gasteiger partial charge in [0.05, 0.1) is 34.5 Å². The molecule has 0 radical (unpaired) electrons. The maximum absolute atomic E-state index is 4.44. The van der Waals surface area contributed by atoms with Gasteiger partial charge in [-0.25, -0.2) is 30.0 Å². The molecule has 14 nitrogen and oxygen atoms in total. The van der Waals surface area contributed by atoms with E-state index in [0.717, 1.165) is 22.1 Å². The highest BCUT2D eigenvalue weighted by atomic mass is 16.0. The summed E-state index contributed by atoms with van der Waals surface area (Å²) in [7, 11) is 3.66. The van der Waals surface area contributed by atoms with Crippen molar-refractivity contribution in [2.75, 3.05) is 24.1 Å². The second-order valence-corrected chi connectivity index (χ2v) is 7.64. The Bertz CT molecular complexity index is 1400. The highest BCUT2D eigenvalue weighted by Gasteiger charge is 2.06. The fraction of sp³-hybridized carbons (Fsp3) is 0.0833. The Morgan fingerprint density at radius 2 is 1.08 bits per heavy atom. The minimum Gasteiger partial charge on any atom is -0.412 e. The Morgan fingerprint density at radius 1 is 0.658 bits per heavy atom. The quantitative estimate of drug-likeness (QED) is 0.192.